The van der Waals surface area contributed by atoms with Crippen LogP contribution < -0.4 is 20.3 Å². The highest BCUT2D eigenvalue weighted by molar-refractivity contribution is 6.31. The number of nitrogens with zero attached hydrogens (tertiary/aromatic N) is 5. The van der Waals surface area contributed by atoms with Crippen molar-refractivity contribution in [2.45, 2.75) is 39.7 Å². The van der Waals surface area contributed by atoms with Gasteiger partial charge >= 0.3 is 12.0 Å². The second-order valence-corrected chi connectivity index (χ2v) is 10.6. The Labute approximate surface area is 253 Å². The molecule has 0 saturated heterocycles. The van der Waals surface area contributed by atoms with Crippen molar-refractivity contribution in [3.05, 3.63) is 85.1 Å². The molecule has 0 amide bonds. The molecule has 0 aliphatic carbocycles. The average molecular weight is 616 g/mol. The molecule has 11 nitrogen and oxygen atoms in total. The highest BCUT2D eigenvalue weighted by Gasteiger charge is 2.34. The first kappa shape index (κ1) is 30.9. The van der Waals surface area contributed by atoms with E-state index in [1.165, 1.54) is 31.2 Å². The van der Waals surface area contributed by atoms with Crippen molar-refractivity contribution in [2.75, 3.05) is 26.1 Å². The van der Waals surface area contributed by atoms with Crippen LogP contribution in [0.2, 0.25) is 10.0 Å². The fourth-order valence-corrected chi connectivity index (χ4v) is 5.24. The molecule has 0 spiro atoms. The largest absolute Gasteiger partial charge is 0.479 e. The smallest absolute Gasteiger partial charge is 0.359 e. The Balaban J connectivity index is 2.10. The molecule has 4 rings (SSSR count). The number of carbonyl (C=O) groups is 1. The number of rotatable bonds is 10. The van der Waals surface area contributed by atoms with Crippen LogP contribution >= 0.6 is 23.2 Å². The van der Waals surface area contributed by atoms with E-state index >= 15 is 0 Å². The number of anilines is 1. The summed E-state index contributed by atoms with van der Waals surface area (Å²) in [5.74, 6) is -0.648. The number of hydrogen-bond donors (Lipinski definition) is 1. The molecule has 0 radical (unpaired) electrons. The zero-order valence-electron chi connectivity index (χ0n) is 24.4. The van der Waals surface area contributed by atoms with Crippen LogP contribution in [0.15, 0.2) is 41.5 Å². The van der Waals surface area contributed by atoms with Gasteiger partial charge in [-0.2, -0.15) is 10.1 Å². The van der Waals surface area contributed by atoms with Crippen LogP contribution in [0.3, 0.4) is 0 Å². The predicted octanol–water partition coefficient (Wildman–Crippen LogP) is 5.50. The SMILES string of the molecule is CCOC(=O)c1nn(-c2cnc(OC)nc2OC)c(C(C)C)c1C(Nc1cc(Cl)cn(C)c1=O)c1ccc(Cl)cc1C. The van der Waals surface area contributed by atoms with Crippen LogP contribution in [0.1, 0.15) is 65.6 Å². The highest BCUT2D eigenvalue weighted by atomic mass is 35.5. The van der Waals surface area contributed by atoms with E-state index in [0.29, 0.717) is 27.0 Å². The van der Waals surface area contributed by atoms with Crippen molar-refractivity contribution in [1.82, 2.24) is 24.3 Å². The third kappa shape index (κ3) is 6.07. The van der Waals surface area contributed by atoms with Crippen LogP contribution in [0.25, 0.3) is 5.69 Å². The minimum absolute atomic E-state index is 0.0455. The summed E-state index contributed by atoms with van der Waals surface area (Å²) in [6.07, 6.45) is 3.03. The lowest BCUT2D eigenvalue weighted by molar-refractivity contribution is 0.0517. The molecule has 0 aliphatic heterocycles. The molecule has 0 fully saturated rings. The maximum atomic E-state index is 13.5. The summed E-state index contributed by atoms with van der Waals surface area (Å²) < 4.78 is 19.1. The molecule has 42 heavy (non-hydrogen) atoms. The van der Waals surface area contributed by atoms with E-state index in [2.05, 4.69) is 15.3 Å². The van der Waals surface area contributed by atoms with E-state index in [-0.39, 0.29) is 41.4 Å². The number of halogens is 2. The van der Waals surface area contributed by atoms with Crippen LogP contribution in [0.4, 0.5) is 5.69 Å². The summed E-state index contributed by atoms with van der Waals surface area (Å²) in [5, 5.41) is 9.00. The van der Waals surface area contributed by atoms with Gasteiger partial charge in [0.15, 0.2) is 5.69 Å². The molecule has 0 bridgehead atoms. The Kier molecular flexibility index (Phi) is 9.43. The Bertz CT molecular complexity index is 1680. The molecule has 222 valence electrons. The zero-order valence-corrected chi connectivity index (χ0v) is 25.9. The van der Waals surface area contributed by atoms with Crippen molar-refractivity contribution >= 4 is 34.9 Å². The second kappa shape index (κ2) is 12.8. The van der Waals surface area contributed by atoms with Gasteiger partial charge in [0.25, 0.3) is 5.56 Å². The summed E-state index contributed by atoms with van der Waals surface area (Å²) in [6.45, 7) is 7.67. The first-order valence-electron chi connectivity index (χ1n) is 13.1. The summed E-state index contributed by atoms with van der Waals surface area (Å²) >= 11 is 12.7. The number of pyridine rings is 1. The van der Waals surface area contributed by atoms with Gasteiger partial charge < -0.3 is 24.1 Å². The minimum atomic E-state index is -0.760. The molecule has 4 aromatic rings. The number of nitrogens with one attached hydrogen (secondary N) is 1. The third-order valence-electron chi connectivity index (χ3n) is 6.57. The van der Waals surface area contributed by atoms with Crippen LogP contribution in [-0.2, 0) is 11.8 Å². The number of carbonyl (C=O) groups excluding carboxylic acids is 1. The molecular formula is C29H32Cl2N6O5. The zero-order chi connectivity index (χ0) is 30.7. The normalized spacial score (nSPS) is 11.9. The molecule has 1 unspecified atom stereocenters. The fourth-order valence-electron chi connectivity index (χ4n) is 4.75. The molecule has 3 aromatic heterocycles. The third-order valence-corrected chi connectivity index (χ3v) is 7.02. The van der Waals surface area contributed by atoms with Crippen molar-refractivity contribution in [2.24, 2.45) is 7.05 Å². The standard InChI is InChI=1S/C29H32Cl2N6O5/c1-8-42-28(39)24-22(25(15(2)3)37(35-24)21-13-32-29(41-7)34-26(21)40-6)23(19-10-9-17(30)11-16(19)4)33-20-12-18(31)14-36(5)27(20)38/h9-15,23,33H,8H2,1-7H3. The molecule has 13 heteroatoms. The Morgan fingerprint density at radius 3 is 2.48 bits per heavy atom. The van der Waals surface area contributed by atoms with E-state index in [4.69, 9.17) is 42.5 Å². The second-order valence-electron chi connectivity index (χ2n) is 9.75. The van der Waals surface area contributed by atoms with Crippen LogP contribution in [-0.4, -0.2) is 51.1 Å². The van der Waals surface area contributed by atoms with Gasteiger partial charge in [0.1, 0.15) is 11.4 Å². The lowest BCUT2D eigenvalue weighted by Crippen LogP contribution is -2.25. The topological polar surface area (TPSA) is 122 Å². The van der Waals surface area contributed by atoms with Gasteiger partial charge in [-0.3, -0.25) is 4.79 Å². The molecule has 0 saturated carbocycles. The first-order chi connectivity index (χ1) is 20.0. The Morgan fingerprint density at radius 1 is 1.12 bits per heavy atom. The molecule has 1 atom stereocenters. The van der Waals surface area contributed by atoms with Gasteiger partial charge in [-0.25, -0.2) is 14.5 Å². The predicted molar refractivity (Wildman–Crippen MR) is 161 cm³/mol. The van der Waals surface area contributed by atoms with Gasteiger partial charge in [0.05, 0.1) is 43.8 Å². The monoisotopic (exact) mass is 614 g/mol. The number of esters is 1. The molecule has 1 N–H and O–H groups in total. The summed E-state index contributed by atoms with van der Waals surface area (Å²) in [5.41, 5.74) is 3.05. The minimum Gasteiger partial charge on any atom is -0.479 e. The number of benzene rings is 1. The van der Waals surface area contributed by atoms with Crippen molar-refractivity contribution in [1.29, 1.82) is 0 Å². The van der Waals surface area contributed by atoms with Crippen LogP contribution in [0.5, 0.6) is 11.9 Å². The first-order valence-corrected chi connectivity index (χ1v) is 13.9. The van der Waals surface area contributed by atoms with Gasteiger partial charge in [0.2, 0.25) is 5.88 Å². The molecule has 1 aromatic carbocycles. The van der Waals surface area contributed by atoms with Gasteiger partial charge in [-0.05, 0) is 49.1 Å². The number of methoxy groups -OCH3 is 2. The molecule has 0 aliphatic rings. The molecular weight excluding hydrogens is 583 g/mol. The Hall–Kier alpha value is -4.09. The summed E-state index contributed by atoms with van der Waals surface area (Å²) in [7, 11) is 4.52. The average Bonchev–Trinajstić information content (AvgIpc) is 3.35. The van der Waals surface area contributed by atoms with E-state index in [1.807, 2.05) is 32.9 Å². The van der Waals surface area contributed by atoms with E-state index in [0.717, 1.165) is 11.1 Å². The lowest BCUT2D eigenvalue weighted by Gasteiger charge is -2.25. The molecule has 3 heterocycles. The van der Waals surface area contributed by atoms with Gasteiger partial charge in [-0.1, -0.05) is 43.1 Å². The quantitative estimate of drug-likeness (QED) is 0.231. The number of aromatic nitrogens is 5. The van der Waals surface area contributed by atoms with E-state index < -0.39 is 12.0 Å². The van der Waals surface area contributed by atoms with Gasteiger partial charge in [0, 0.05) is 23.8 Å². The maximum Gasteiger partial charge on any atom is 0.359 e. The van der Waals surface area contributed by atoms with E-state index in [1.54, 1.807) is 30.8 Å². The van der Waals surface area contributed by atoms with E-state index in [9.17, 15) is 9.59 Å². The van der Waals surface area contributed by atoms with Crippen molar-refractivity contribution in [3.63, 3.8) is 0 Å². The fraction of sp³-hybridized carbons (Fsp3) is 0.345. The van der Waals surface area contributed by atoms with Crippen LogP contribution in [0, 0.1) is 6.92 Å². The lowest BCUT2D eigenvalue weighted by atomic mass is 9.90. The Morgan fingerprint density at radius 2 is 1.86 bits per heavy atom. The van der Waals surface area contributed by atoms with Gasteiger partial charge in [-0.15, -0.1) is 0 Å². The highest BCUT2D eigenvalue weighted by Crippen LogP contribution is 2.39. The maximum absolute atomic E-state index is 13.5. The van der Waals surface area contributed by atoms with Crippen molar-refractivity contribution < 1.29 is 19.0 Å². The summed E-state index contributed by atoms with van der Waals surface area (Å²) in [6, 6.07) is 6.30. The number of ether oxygens (including phenoxy) is 3. The summed E-state index contributed by atoms with van der Waals surface area (Å²) in [4.78, 5) is 35.3. The number of hydrogen-bond acceptors (Lipinski definition) is 9. The number of aryl methyl sites for hydroxylation is 2. The van der Waals surface area contributed by atoms with Crippen molar-refractivity contribution in [3.8, 4) is 17.6 Å².